The molecule has 0 atom stereocenters. The Morgan fingerprint density at radius 2 is 0.409 bits per heavy atom. The number of carbonyl (C=O) groups is 6. The van der Waals surface area contributed by atoms with E-state index in [9.17, 15) is 0 Å². The van der Waals surface area contributed by atoms with Crippen LogP contribution in [0.3, 0.4) is 0 Å². The maximum Gasteiger partial charge on any atom is 3.00 e. The van der Waals surface area contributed by atoms with Crippen LogP contribution >= 0.6 is 0 Å². The molecule has 0 amide bonds. The minimum absolute atomic E-state index is 0. The first-order valence-electron chi connectivity index (χ1n) is 3.20. The number of carboxylic acids is 6. The van der Waals surface area contributed by atoms with E-state index in [-0.39, 0.29) is 164 Å². The van der Waals surface area contributed by atoms with Gasteiger partial charge in [-0.3, -0.25) is 0 Å². The van der Waals surface area contributed by atoms with Crippen molar-refractivity contribution in [3.8, 4) is 0 Å². The SMILES string of the molecule is O=C([O-])C(=O)[O-].O=C([O-])C(=O)[O-].O=C([O-])C(=O)[O-].[Eu+3].[Eu+3].[Y].[Y]. The number of rotatable bonds is 0. The van der Waals surface area contributed by atoms with E-state index < -0.39 is 35.8 Å². The van der Waals surface area contributed by atoms with Gasteiger partial charge >= 0.3 is 98.8 Å². The Bertz CT molecular complexity index is 291. The molecule has 0 spiro atoms. The van der Waals surface area contributed by atoms with Gasteiger partial charge in [-0.1, -0.05) is 0 Å². The van der Waals surface area contributed by atoms with Gasteiger partial charge in [-0.05, 0) is 0 Å². The van der Waals surface area contributed by atoms with Crippen molar-refractivity contribution in [2.75, 3.05) is 0 Å². The monoisotopic (exact) mass is 748 g/mol. The molecule has 2 radical (unpaired) electrons. The van der Waals surface area contributed by atoms with Crippen molar-refractivity contribution in [1.82, 2.24) is 0 Å². The standard InChI is InChI=1S/3C2H2O4.2Eu.2Y/c3*3-1(4)2(5)6;;;;/h3*(H,3,4)(H,5,6);;;;/q;;;2*+3;;/p-6. The second-order valence-electron chi connectivity index (χ2n) is 1.72. The maximum atomic E-state index is 8.93. The summed E-state index contributed by atoms with van der Waals surface area (Å²) in [4.78, 5) is 53.6. The molecule has 0 bridgehead atoms. The van der Waals surface area contributed by atoms with Crippen LogP contribution in [-0.2, 0) is 94.2 Å². The molecule has 0 rings (SSSR count). The molecule has 0 aromatic rings. The summed E-state index contributed by atoms with van der Waals surface area (Å²) < 4.78 is 0. The molecule has 0 unspecified atom stereocenters. The summed E-state index contributed by atoms with van der Waals surface area (Å²) in [6.07, 6.45) is 0. The maximum absolute atomic E-state index is 8.93. The van der Waals surface area contributed by atoms with Crippen molar-refractivity contribution >= 4 is 35.8 Å². The van der Waals surface area contributed by atoms with Gasteiger partial charge in [-0.2, -0.15) is 0 Å². The molecule has 0 fully saturated rings. The van der Waals surface area contributed by atoms with E-state index in [1.54, 1.807) is 0 Å². The summed E-state index contributed by atoms with van der Waals surface area (Å²) in [6, 6.07) is 0. The summed E-state index contributed by atoms with van der Waals surface area (Å²) in [5, 5.41) is 53.6. The molecule has 0 aromatic heterocycles. The topological polar surface area (TPSA) is 241 Å². The van der Waals surface area contributed by atoms with Gasteiger partial charge in [0.05, 0.1) is 35.8 Å². The van der Waals surface area contributed by atoms with Gasteiger partial charge in [-0.15, -0.1) is 0 Å². The van der Waals surface area contributed by atoms with Crippen molar-refractivity contribution in [3.63, 3.8) is 0 Å². The van der Waals surface area contributed by atoms with Crippen molar-refractivity contribution < 1.29 is 224 Å². The largest absolute Gasteiger partial charge is 3.00 e. The molecular formula is C6Eu2O12Y2. The van der Waals surface area contributed by atoms with E-state index >= 15 is 0 Å². The quantitative estimate of drug-likeness (QED) is 0.210. The predicted molar refractivity (Wildman–Crippen MR) is 30.0 cm³/mol. The van der Waals surface area contributed by atoms with Crippen LogP contribution in [0.5, 0.6) is 0 Å². The Kier molecular flexibility index (Phi) is 56.1. The number of carboxylic acid groups (broad SMARTS) is 6. The average Bonchev–Trinajstić information content (AvgIpc) is 2.18. The van der Waals surface area contributed by atoms with E-state index in [1.807, 2.05) is 0 Å². The minimum Gasteiger partial charge on any atom is -0.543 e. The molecule has 0 aliphatic rings. The third-order valence-electron chi connectivity index (χ3n) is 0.500. The molecule has 0 aliphatic heterocycles. The first-order chi connectivity index (χ1) is 7.93. The minimum atomic E-state index is -2.19. The molecular weight excluding hydrogens is 746 g/mol. The molecule has 0 aromatic carbocycles. The molecule has 16 heteroatoms. The van der Waals surface area contributed by atoms with Gasteiger partial charge in [0.2, 0.25) is 0 Å². The Morgan fingerprint density at radius 3 is 0.409 bits per heavy atom. The summed E-state index contributed by atoms with van der Waals surface area (Å²) in [5.74, 6) is -13.1. The van der Waals surface area contributed by atoms with Crippen LogP contribution in [0.1, 0.15) is 0 Å². The Hall–Kier alpha value is 2.20. The second-order valence-corrected chi connectivity index (χ2v) is 1.72. The molecule has 116 valence electrons. The molecule has 12 nitrogen and oxygen atoms in total. The Labute approximate surface area is 253 Å². The molecule has 0 saturated carbocycles. The third kappa shape index (κ3) is 49.5. The Morgan fingerprint density at radius 1 is 0.364 bits per heavy atom. The van der Waals surface area contributed by atoms with E-state index in [2.05, 4.69) is 0 Å². The summed E-state index contributed by atoms with van der Waals surface area (Å²) >= 11 is 0. The van der Waals surface area contributed by atoms with E-state index in [0.717, 1.165) is 0 Å². The summed E-state index contributed by atoms with van der Waals surface area (Å²) in [5.41, 5.74) is 0. The number of hydrogen-bond donors (Lipinski definition) is 0. The van der Waals surface area contributed by atoms with Crippen LogP contribution in [0.15, 0.2) is 0 Å². The van der Waals surface area contributed by atoms with Crippen molar-refractivity contribution in [1.29, 1.82) is 0 Å². The van der Waals surface area contributed by atoms with Gasteiger partial charge in [0.1, 0.15) is 0 Å². The van der Waals surface area contributed by atoms with Gasteiger partial charge < -0.3 is 59.4 Å². The zero-order valence-electron chi connectivity index (χ0n) is 9.81. The van der Waals surface area contributed by atoms with Crippen LogP contribution in [0, 0.1) is 98.8 Å². The van der Waals surface area contributed by atoms with Gasteiger partial charge in [0.15, 0.2) is 0 Å². The zero-order valence-corrected chi connectivity index (χ0v) is 20.3. The average molecular weight is 746 g/mol. The predicted octanol–water partition coefficient (Wildman–Crippen LogP) is -10.5. The number of hydrogen-bond acceptors (Lipinski definition) is 12. The molecule has 22 heavy (non-hydrogen) atoms. The zero-order chi connectivity index (χ0) is 15.5. The van der Waals surface area contributed by atoms with Gasteiger partial charge in [-0.25, -0.2) is 0 Å². The van der Waals surface area contributed by atoms with Crippen LogP contribution in [0.25, 0.3) is 0 Å². The van der Waals surface area contributed by atoms with Crippen molar-refractivity contribution in [3.05, 3.63) is 0 Å². The van der Waals surface area contributed by atoms with Crippen LogP contribution < -0.4 is 30.6 Å². The first kappa shape index (κ1) is 44.0. The van der Waals surface area contributed by atoms with E-state index in [1.165, 1.54) is 0 Å². The Balaban J connectivity index is -0.0000000281. The summed E-state index contributed by atoms with van der Waals surface area (Å²) in [7, 11) is 0. The molecule has 0 saturated heterocycles. The first-order valence-corrected chi connectivity index (χ1v) is 3.20. The normalized spacial score (nSPS) is 6.00. The van der Waals surface area contributed by atoms with Crippen molar-refractivity contribution in [2.45, 2.75) is 0 Å². The second kappa shape index (κ2) is 28.0. The van der Waals surface area contributed by atoms with Gasteiger partial charge in [0, 0.05) is 65.4 Å². The molecule has 0 N–H and O–H groups in total. The molecule has 0 aliphatic carbocycles. The fraction of sp³-hybridized carbons (Fsp3) is 0. The van der Waals surface area contributed by atoms with Crippen LogP contribution in [-0.4, -0.2) is 35.8 Å². The molecule has 0 heterocycles. The number of aliphatic carboxylic acids is 6. The van der Waals surface area contributed by atoms with E-state index in [0.29, 0.717) is 0 Å². The fourth-order valence-corrected chi connectivity index (χ4v) is 0. The van der Waals surface area contributed by atoms with E-state index in [4.69, 9.17) is 59.4 Å². The third-order valence-corrected chi connectivity index (χ3v) is 0.500. The van der Waals surface area contributed by atoms with Crippen LogP contribution in [0.2, 0.25) is 0 Å². The van der Waals surface area contributed by atoms with Crippen LogP contribution in [0.4, 0.5) is 0 Å². The van der Waals surface area contributed by atoms with Crippen molar-refractivity contribution in [2.24, 2.45) is 0 Å². The smallest absolute Gasteiger partial charge is 0.543 e. The van der Waals surface area contributed by atoms with Gasteiger partial charge in [0.25, 0.3) is 0 Å². The number of carbonyl (C=O) groups excluding carboxylic acids is 6. The summed E-state index contributed by atoms with van der Waals surface area (Å²) in [6.45, 7) is 0. The fourth-order valence-electron chi connectivity index (χ4n) is 0.